The van der Waals surface area contributed by atoms with Gasteiger partial charge in [-0.3, -0.25) is 0 Å². The van der Waals surface area contributed by atoms with Gasteiger partial charge in [-0.25, -0.2) is 13.1 Å². The monoisotopic (exact) mass is 304 g/mol. The molecule has 0 saturated carbocycles. The van der Waals surface area contributed by atoms with Gasteiger partial charge in [0.05, 0.1) is 4.90 Å². The number of sulfonamides is 1. The molecule has 0 bridgehead atoms. The van der Waals surface area contributed by atoms with E-state index in [9.17, 15) is 8.42 Å². The minimum absolute atomic E-state index is 0.0136. The van der Waals surface area contributed by atoms with E-state index in [0.717, 1.165) is 11.3 Å². The molecule has 0 unspecified atom stereocenters. The van der Waals surface area contributed by atoms with Crippen molar-refractivity contribution in [2.45, 2.75) is 24.8 Å². The second kappa shape index (κ2) is 6.28. The van der Waals surface area contributed by atoms with Crippen LogP contribution in [-0.2, 0) is 10.0 Å². The Morgan fingerprint density at radius 1 is 1.05 bits per heavy atom. The van der Waals surface area contributed by atoms with Gasteiger partial charge in [-0.2, -0.15) is 0 Å². The van der Waals surface area contributed by atoms with E-state index in [-0.39, 0.29) is 10.9 Å². The average Bonchev–Trinajstić information content (AvgIpc) is 2.49. The van der Waals surface area contributed by atoms with E-state index >= 15 is 0 Å². The molecule has 21 heavy (non-hydrogen) atoms. The first kappa shape index (κ1) is 15.5. The minimum Gasteiger partial charge on any atom is -0.379 e. The normalized spacial score (nSPS) is 12.9. The van der Waals surface area contributed by atoms with Crippen molar-refractivity contribution in [3.05, 3.63) is 59.7 Å². The quantitative estimate of drug-likeness (QED) is 0.892. The van der Waals surface area contributed by atoms with Crippen molar-refractivity contribution in [3.63, 3.8) is 0 Å². The van der Waals surface area contributed by atoms with Gasteiger partial charge in [0.1, 0.15) is 0 Å². The van der Waals surface area contributed by atoms with Crippen molar-refractivity contribution in [2.24, 2.45) is 0 Å². The van der Waals surface area contributed by atoms with Crippen molar-refractivity contribution in [2.75, 3.05) is 12.4 Å². The molecule has 0 aliphatic rings. The summed E-state index contributed by atoms with van der Waals surface area (Å²) in [7, 11) is -2.00. The van der Waals surface area contributed by atoms with Gasteiger partial charge in [-0.15, -0.1) is 0 Å². The van der Waals surface area contributed by atoms with Gasteiger partial charge in [0.15, 0.2) is 0 Å². The molecule has 4 nitrogen and oxygen atoms in total. The molecule has 0 saturated heterocycles. The fourth-order valence-corrected chi connectivity index (χ4v) is 2.84. The third-order valence-corrected chi connectivity index (χ3v) is 4.78. The lowest BCUT2D eigenvalue weighted by atomic mass is 10.1. The highest BCUT2D eigenvalue weighted by molar-refractivity contribution is 7.89. The first-order valence-corrected chi connectivity index (χ1v) is 8.27. The lowest BCUT2D eigenvalue weighted by Gasteiger charge is -2.16. The second-order valence-electron chi connectivity index (χ2n) is 5.01. The zero-order valence-corrected chi connectivity index (χ0v) is 13.2. The SMILES string of the molecule is CNS(=O)(=O)c1cccc([C@H](C)Nc2ccc(C)cc2)c1. The van der Waals surface area contributed by atoms with Crippen LogP contribution in [0.5, 0.6) is 0 Å². The van der Waals surface area contributed by atoms with Crippen LogP contribution in [0.1, 0.15) is 24.1 Å². The number of benzene rings is 2. The minimum atomic E-state index is -3.41. The molecule has 0 aliphatic carbocycles. The molecule has 5 heteroatoms. The molecule has 2 rings (SSSR count). The molecule has 0 spiro atoms. The summed E-state index contributed by atoms with van der Waals surface area (Å²) >= 11 is 0. The first-order chi connectivity index (χ1) is 9.92. The van der Waals surface area contributed by atoms with Gasteiger partial charge in [0, 0.05) is 11.7 Å². The average molecular weight is 304 g/mol. The smallest absolute Gasteiger partial charge is 0.240 e. The zero-order chi connectivity index (χ0) is 15.5. The number of rotatable bonds is 5. The highest BCUT2D eigenvalue weighted by atomic mass is 32.2. The highest BCUT2D eigenvalue weighted by Crippen LogP contribution is 2.21. The molecule has 0 aromatic heterocycles. The fourth-order valence-electron chi connectivity index (χ4n) is 2.05. The Kier molecular flexibility index (Phi) is 4.65. The van der Waals surface area contributed by atoms with Crippen molar-refractivity contribution in [3.8, 4) is 0 Å². The van der Waals surface area contributed by atoms with Crippen LogP contribution in [0.4, 0.5) is 5.69 Å². The van der Waals surface area contributed by atoms with Crippen LogP contribution in [0.25, 0.3) is 0 Å². The molecule has 0 aliphatic heterocycles. The number of hydrogen-bond donors (Lipinski definition) is 2. The summed E-state index contributed by atoms with van der Waals surface area (Å²) < 4.78 is 26.0. The Bertz CT molecular complexity index is 709. The largest absolute Gasteiger partial charge is 0.379 e. The Hall–Kier alpha value is -1.85. The van der Waals surface area contributed by atoms with E-state index in [0.29, 0.717) is 0 Å². The molecular weight excluding hydrogens is 284 g/mol. The Morgan fingerprint density at radius 3 is 2.33 bits per heavy atom. The van der Waals surface area contributed by atoms with E-state index < -0.39 is 10.0 Å². The number of aryl methyl sites for hydroxylation is 1. The van der Waals surface area contributed by atoms with E-state index in [4.69, 9.17) is 0 Å². The molecule has 2 N–H and O–H groups in total. The van der Waals surface area contributed by atoms with Crippen molar-refractivity contribution >= 4 is 15.7 Å². The Labute approximate surface area is 126 Å². The van der Waals surface area contributed by atoms with Crippen LogP contribution in [0.15, 0.2) is 53.4 Å². The standard InChI is InChI=1S/C16H20N2O2S/c1-12-7-9-15(10-8-12)18-13(2)14-5-4-6-16(11-14)21(19,20)17-3/h4-11,13,17-18H,1-3H3/t13-/m0/s1. The lowest BCUT2D eigenvalue weighted by Crippen LogP contribution is -2.19. The molecule has 0 radical (unpaired) electrons. The van der Waals surface area contributed by atoms with Gasteiger partial charge in [0.25, 0.3) is 0 Å². The summed E-state index contributed by atoms with van der Waals surface area (Å²) in [5.41, 5.74) is 3.14. The van der Waals surface area contributed by atoms with Crippen molar-refractivity contribution in [1.29, 1.82) is 0 Å². The van der Waals surface area contributed by atoms with Crippen LogP contribution in [0, 0.1) is 6.92 Å². The maximum absolute atomic E-state index is 11.8. The van der Waals surface area contributed by atoms with Crippen LogP contribution in [0.2, 0.25) is 0 Å². The topological polar surface area (TPSA) is 58.2 Å². The molecular formula is C16H20N2O2S. The van der Waals surface area contributed by atoms with E-state index in [1.807, 2.05) is 44.2 Å². The third kappa shape index (κ3) is 3.83. The third-order valence-electron chi connectivity index (χ3n) is 3.37. The van der Waals surface area contributed by atoms with E-state index in [1.54, 1.807) is 18.2 Å². The summed E-state index contributed by atoms with van der Waals surface area (Å²) in [6, 6.07) is 15.1. The van der Waals surface area contributed by atoms with E-state index in [2.05, 4.69) is 10.0 Å². The molecule has 112 valence electrons. The number of nitrogens with one attached hydrogen (secondary N) is 2. The van der Waals surface area contributed by atoms with Gasteiger partial charge in [0.2, 0.25) is 10.0 Å². The molecule has 2 aromatic rings. The summed E-state index contributed by atoms with van der Waals surface area (Å²) in [6.07, 6.45) is 0. The summed E-state index contributed by atoms with van der Waals surface area (Å²) in [5.74, 6) is 0. The number of anilines is 1. The van der Waals surface area contributed by atoms with Gasteiger partial charge in [-0.05, 0) is 50.7 Å². The van der Waals surface area contributed by atoms with Crippen molar-refractivity contribution < 1.29 is 8.42 Å². The summed E-state index contributed by atoms with van der Waals surface area (Å²) in [4.78, 5) is 0.278. The predicted octanol–water partition coefficient (Wildman–Crippen LogP) is 3.08. The second-order valence-corrected chi connectivity index (χ2v) is 6.90. The van der Waals surface area contributed by atoms with Crippen LogP contribution < -0.4 is 10.0 Å². The molecule has 0 heterocycles. The maximum Gasteiger partial charge on any atom is 0.240 e. The molecule has 0 fully saturated rings. The molecule has 2 aromatic carbocycles. The zero-order valence-electron chi connectivity index (χ0n) is 12.4. The fraction of sp³-hybridized carbons (Fsp3) is 0.250. The van der Waals surface area contributed by atoms with Gasteiger partial charge >= 0.3 is 0 Å². The lowest BCUT2D eigenvalue weighted by molar-refractivity contribution is 0.588. The van der Waals surface area contributed by atoms with Crippen LogP contribution in [0.3, 0.4) is 0 Å². The maximum atomic E-state index is 11.8. The van der Waals surface area contributed by atoms with Crippen molar-refractivity contribution in [1.82, 2.24) is 4.72 Å². The molecule has 0 amide bonds. The summed E-state index contributed by atoms with van der Waals surface area (Å²) in [6.45, 7) is 4.05. The van der Waals surface area contributed by atoms with E-state index in [1.165, 1.54) is 12.6 Å². The van der Waals surface area contributed by atoms with Crippen LogP contribution in [-0.4, -0.2) is 15.5 Å². The van der Waals surface area contributed by atoms with Crippen LogP contribution >= 0.6 is 0 Å². The van der Waals surface area contributed by atoms with Gasteiger partial charge in [-0.1, -0.05) is 29.8 Å². The first-order valence-electron chi connectivity index (χ1n) is 6.79. The van der Waals surface area contributed by atoms with Gasteiger partial charge < -0.3 is 5.32 Å². The number of hydrogen-bond acceptors (Lipinski definition) is 3. The Balaban J connectivity index is 2.21. The Morgan fingerprint density at radius 2 is 1.71 bits per heavy atom. The molecule has 1 atom stereocenters. The summed E-state index contributed by atoms with van der Waals surface area (Å²) in [5, 5.41) is 3.37. The highest BCUT2D eigenvalue weighted by Gasteiger charge is 2.13. The predicted molar refractivity (Wildman–Crippen MR) is 85.9 cm³/mol.